The number of hydrogen-bond donors (Lipinski definition) is 1. The second kappa shape index (κ2) is 5.35. The third-order valence-corrected chi connectivity index (χ3v) is 8.89. The van der Waals surface area contributed by atoms with E-state index >= 15 is 0 Å². The van der Waals surface area contributed by atoms with Crippen molar-refractivity contribution in [3.63, 3.8) is 0 Å². The quantitative estimate of drug-likeness (QED) is 0.840. The van der Waals surface area contributed by atoms with E-state index < -0.39 is 13.5 Å². The summed E-state index contributed by atoms with van der Waals surface area (Å²) in [5.74, 6) is 1.56. The molecule has 0 bridgehead atoms. The average molecular weight is 353 g/mol. The summed E-state index contributed by atoms with van der Waals surface area (Å²) in [6.45, 7) is 2.40. The third-order valence-electron chi connectivity index (χ3n) is 3.63. The molecular weight excluding hydrogens is 335 g/mol. The van der Waals surface area contributed by atoms with Crippen LogP contribution < -0.4 is 18.4 Å². The summed E-state index contributed by atoms with van der Waals surface area (Å²) in [6.07, 6.45) is 0. The normalized spacial score (nSPS) is 23.2. The minimum absolute atomic E-state index is 0.425. The zero-order valence-corrected chi connectivity index (χ0v) is 14.0. The van der Waals surface area contributed by atoms with Gasteiger partial charge in [-0.3, -0.25) is 0 Å². The van der Waals surface area contributed by atoms with E-state index in [1.165, 1.54) is 0 Å². The Morgan fingerprint density at radius 3 is 2.24 bits per heavy atom. The first-order valence-electron chi connectivity index (χ1n) is 6.60. The molecule has 1 aliphatic heterocycles. The van der Waals surface area contributed by atoms with Crippen LogP contribution in [0.3, 0.4) is 0 Å². The maximum atomic E-state index is 11.2. The Hall–Kier alpha value is -1.52. The maximum absolute atomic E-state index is 11.2. The Balaban J connectivity index is 2.08. The molecule has 21 heavy (non-hydrogen) atoms. The van der Waals surface area contributed by atoms with Crippen LogP contribution in [0.5, 0.6) is 11.5 Å². The number of aryl methyl sites for hydroxylation is 1. The van der Waals surface area contributed by atoms with Crippen molar-refractivity contribution in [1.82, 2.24) is 0 Å². The van der Waals surface area contributed by atoms with Crippen LogP contribution in [0.1, 0.15) is 11.1 Å². The van der Waals surface area contributed by atoms with Crippen molar-refractivity contribution in [3.8, 4) is 11.5 Å². The molecule has 5 heteroatoms. The summed E-state index contributed by atoms with van der Waals surface area (Å²) < 4.78 is 29.3. The van der Waals surface area contributed by atoms with Crippen molar-refractivity contribution in [3.05, 3.63) is 47.5 Å². The van der Waals surface area contributed by atoms with Crippen molar-refractivity contribution in [2.45, 2.75) is 13.5 Å². The molecule has 2 aromatic rings. The molecule has 0 saturated carbocycles. The summed E-state index contributed by atoms with van der Waals surface area (Å²) in [7, 11) is 3.27. The molecule has 0 saturated heterocycles. The molecule has 1 N–H and O–H groups in total. The van der Waals surface area contributed by atoms with Gasteiger partial charge in [-0.2, -0.15) is 0 Å². The summed E-state index contributed by atoms with van der Waals surface area (Å²) in [5, 5.41) is 0. The predicted octanol–water partition coefficient (Wildman–Crippen LogP) is 1.09. The second-order valence-corrected chi connectivity index (χ2v) is 9.44. The summed E-state index contributed by atoms with van der Waals surface area (Å²) >= 11 is -3.32. The second-order valence-electron chi connectivity index (χ2n) is 4.89. The fourth-order valence-electron chi connectivity index (χ4n) is 2.52. The molecule has 0 radical (unpaired) electrons. The van der Waals surface area contributed by atoms with Gasteiger partial charge in [0.25, 0.3) is 0 Å². The van der Waals surface area contributed by atoms with Gasteiger partial charge in [0, 0.05) is 0 Å². The van der Waals surface area contributed by atoms with Gasteiger partial charge in [-0.1, -0.05) is 0 Å². The summed E-state index contributed by atoms with van der Waals surface area (Å²) in [5.41, 5.74) is 1.99. The van der Waals surface area contributed by atoms with Crippen LogP contribution in [0.15, 0.2) is 36.4 Å². The first-order valence-corrected chi connectivity index (χ1v) is 9.78. The van der Waals surface area contributed by atoms with Crippen molar-refractivity contribution in [1.29, 1.82) is 0 Å². The fraction of sp³-hybridized carbons (Fsp3) is 0.250. The van der Waals surface area contributed by atoms with Gasteiger partial charge in [-0.15, -0.1) is 0 Å². The molecule has 2 aromatic carbocycles. The predicted molar refractivity (Wildman–Crippen MR) is 82.8 cm³/mol. The molecule has 1 aliphatic rings. The number of fused-ring (bicyclic) bond motifs is 1. The van der Waals surface area contributed by atoms with Crippen LogP contribution in [-0.4, -0.2) is 31.9 Å². The monoisotopic (exact) mass is 354 g/mol. The van der Waals surface area contributed by atoms with E-state index in [1.54, 1.807) is 14.2 Å². The van der Waals surface area contributed by atoms with Gasteiger partial charge >= 0.3 is 127 Å². The van der Waals surface area contributed by atoms with Crippen LogP contribution in [-0.2, 0) is 10.4 Å². The van der Waals surface area contributed by atoms with Crippen LogP contribution >= 0.6 is 0 Å². The van der Waals surface area contributed by atoms with Crippen molar-refractivity contribution in [2.24, 2.45) is 0 Å². The van der Waals surface area contributed by atoms with Crippen LogP contribution in [0, 0.1) is 6.92 Å². The zero-order valence-electron chi connectivity index (χ0n) is 12.3. The van der Waals surface area contributed by atoms with E-state index in [0.717, 1.165) is 31.5 Å². The third kappa shape index (κ3) is 2.32. The first-order chi connectivity index (χ1) is 10.1. The molecule has 1 atom stereocenters. The molecular formula is C16H18O4Se. The Morgan fingerprint density at radius 2 is 1.62 bits per heavy atom. The first kappa shape index (κ1) is 14.4. The Bertz CT molecular complexity index is 686. The summed E-state index contributed by atoms with van der Waals surface area (Å²) in [6, 6.07) is 11.4. The molecule has 0 amide bonds. The van der Waals surface area contributed by atoms with Crippen molar-refractivity contribution < 1.29 is 17.5 Å². The van der Waals surface area contributed by atoms with E-state index in [-0.39, 0.29) is 0 Å². The van der Waals surface area contributed by atoms with Crippen LogP contribution in [0.4, 0.5) is 0 Å². The van der Waals surface area contributed by atoms with Gasteiger partial charge in [0.2, 0.25) is 0 Å². The molecule has 1 heterocycles. The van der Waals surface area contributed by atoms with Crippen LogP contribution in [0.25, 0.3) is 0 Å². The van der Waals surface area contributed by atoms with Gasteiger partial charge in [-0.05, 0) is 0 Å². The average Bonchev–Trinajstić information content (AvgIpc) is 2.84. The minimum atomic E-state index is -3.32. The topological polar surface area (TPSA) is 47.9 Å². The van der Waals surface area contributed by atoms with E-state index in [0.29, 0.717) is 6.61 Å². The Labute approximate surface area is 127 Å². The van der Waals surface area contributed by atoms with Gasteiger partial charge in [0.05, 0.1) is 0 Å². The summed E-state index contributed by atoms with van der Waals surface area (Å²) in [4.78, 5) is 0. The van der Waals surface area contributed by atoms with Crippen molar-refractivity contribution >= 4 is 22.4 Å². The molecule has 0 aliphatic carbocycles. The van der Waals surface area contributed by atoms with Crippen molar-refractivity contribution in [2.75, 3.05) is 14.2 Å². The molecule has 112 valence electrons. The number of hydrogen-bond acceptors (Lipinski definition) is 4. The molecule has 0 aromatic heterocycles. The van der Waals surface area contributed by atoms with Gasteiger partial charge in [-0.25, -0.2) is 0 Å². The SMILES string of the molecule is COc1ccc([Se]2(O)OCc3cc(OC)ccc32)c(C)c1. The molecule has 0 fully saturated rings. The fourth-order valence-corrected chi connectivity index (χ4v) is 7.26. The number of rotatable bonds is 3. The molecule has 4 nitrogen and oxygen atoms in total. The van der Waals surface area contributed by atoms with Gasteiger partial charge in [0.15, 0.2) is 0 Å². The Kier molecular flexibility index (Phi) is 3.67. The number of benzene rings is 2. The van der Waals surface area contributed by atoms with E-state index in [9.17, 15) is 4.19 Å². The number of ether oxygens (including phenoxy) is 2. The standard InChI is InChI=1S/C16H18O4Se/c1-11-8-13(18-2)4-6-15(11)21(17)16-7-5-14(19-3)9-12(16)10-20-21/h4-9,17H,10H2,1-3H3. The van der Waals surface area contributed by atoms with E-state index in [4.69, 9.17) is 13.3 Å². The van der Waals surface area contributed by atoms with Crippen LogP contribution in [0.2, 0.25) is 0 Å². The molecule has 0 spiro atoms. The molecule has 1 unspecified atom stereocenters. The van der Waals surface area contributed by atoms with Gasteiger partial charge < -0.3 is 0 Å². The van der Waals surface area contributed by atoms with Gasteiger partial charge in [0.1, 0.15) is 0 Å². The zero-order chi connectivity index (χ0) is 15.0. The number of methoxy groups -OCH3 is 2. The van der Waals surface area contributed by atoms with E-state index in [2.05, 4.69) is 0 Å². The molecule has 3 rings (SSSR count). The van der Waals surface area contributed by atoms with E-state index in [1.807, 2.05) is 43.3 Å². The Morgan fingerprint density at radius 1 is 1.00 bits per heavy atom.